The van der Waals surface area contributed by atoms with Crippen molar-refractivity contribution in [2.24, 2.45) is 0 Å². The SMILES string of the molecule is c1cc(-c2ccc3sc4cc5c(cc4c3c2)sc2ccccc25)cc(-c2ccc3sc4c(ccc5sc6ccccc6c54)c3c2)c1. The van der Waals surface area contributed by atoms with Crippen LogP contribution in [0.1, 0.15) is 0 Å². The fourth-order valence-electron chi connectivity index (χ4n) is 7.27. The summed E-state index contributed by atoms with van der Waals surface area (Å²) in [7, 11) is 0. The average molecular weight is 655 g/mol. The van der Waals surface area contributed by atoms with E-state index in [4.69, 9.17) is 0 Å². The minimum absolute atomic E-state index is 1.25. The molecular weight excluding hydrogens is 633 g/mol. The summed E-state index contributed by atoms with van der Waals surface area (Å²) in [6.07, 6.45) is 0. The first kappa shape index (κ1) is 25.6. The van der Waals surface area contributed by atoms with Gasteiger partial charge in [0.15, 0.2) is 0 Å². The Kier molecular flexibility index (Phi) is 5.27. The van der Waals surface area contributed by atoms with Gasteiger partial charge >= 0.3 is 0 Å². The minimum atomic E-state index is 1.25. The van der Waals surface area contributed by atoms with Crippen LogP contribution < -0.4 is 0 Å². The molecule has 0 aliphatic carbocycles. The van der Waals surface area contributed by atoms with Gasteiger partial charge in [-0.15, -0.1) is 45.3 Å². The number of rotatable bonds is 2. The number of thiophene rings is 4. The van der Waals surface area contributed by atoms with Gasteiger partial charge in [-0.1, -0.05) is 72.8 Å². The van der Waals surface area contributed by atoms with E-state index in [-0.39, 0.29) is 0 Å². The highest BCUT2D eigenvalue weighted by Gasteiger charge is 2.15. The second-order valence-electron chi connectivity index (χ2n) is 12.1. The highest BCUT2D eigenvalue weighted by Crippen LogP contribution is 2.46. The maximum absolute atomic E-state index is 2.42. The van der Waals surface area contributed by atoms with Crippen molar-refractivity contribution in [2.45, 2.75) is 0 Å². The van der Waals surface area contributed by atoms with Crippen molar-refractivity contribution in [1.29, 1.82) is 0 Å². The second-order valence-corrected chi connectivity index (χ2v) is 16.4. The van der Waals surface area contributed by atoms with Crippen LogP contribution in [0.3, 0.4) is 0 Å². The highest BCUT2D eigenvalue weighted by atomic mass is 32.1. The lowest BCUT2D eigenvalue weighted by atomic mass is 9.97. The molecule has 7 aromatic carbocycles. The van der Waals surface area contributed by atoms with Crippen molar-refractivity contribution < 1.29 is 0 Å². The molecule has 0 bridgehead atoms. The van der Waals surface area contributed by atoms with E-state index in [2.05, 4.69) is 133 Å². The molecule has 0 radical (unpaired) electrons. The van der Waals surface area contributed by atoms with Gasteiger partial charge < -0.3 is 0 Å². The predicted molar refractivity (Wildman–Crippen MR) is 209 cm³/mol. The van der Waals surface area contributed by atoms with E-state index in [0.717, 1.165) is 0 Å². The van der Waals surface area contributed by atoms with Crippen molar-refractivity contribution in [3.05, 3.63) is 133 Å². The molecule has 0 unspecified atom stereocenters. The van der Waals surface area contributed by atoms with Crippen molar-refractivity contribution >= 4 is 126 Å². The van der Waals surface area contributed by atoms with Gasteiger partial charge in [-0.3, -0.25) is 0 Å². The first-order chi connectivity index (χ1) is 22.7. The van der Waals surface area contributed by atoms with E-state index in [1.807, 2.05) is 45.3 Å². The summed E-state index contributed by atoms with van der Waals surface area (Å²) in [6, 6.07) is 50.2. The zero-order valence-electron chi connectivity index (χ0n) is 24.3. The molecule has 0 nitrogen and oxygen atoms in total. The second kappa shape index (κ2) is 9.47. The first-order valence-corrected chi connectivity index (χ1v) is 18.7. The van der Waals surface area contributed by atoms with Gasteiger partial charge in [-0.2, -0.15) is 0 Å². The Morgan fingerprint density at radius 2 is 0.761 bits per heavy atom. The monoisotopic (exact) mass is 654 g/mol. The van der Waals surface area contributed by atoms with E-state index in [1.165, 1.54) is 103 Å². The molecule has 0 amide bonds. The van der Waals surface area contributed by atoms with Crippen LogP contribution in [0.2, 0.25) is 0 Å². The Labute approximate surface area is 280 Å². The van der Waals surface area contributed by atoms with Crippen LogP contribution in [0.25, 0.3) is 103 Å². The number of benzene rings is 7. The predicted octanol–water partition coefficient (Wildman–Crippen LogP) is 14.5. The molecule has 0 spiro atoms. The van der Waals surface area contributed by atoms with Crippen LogP contribution in [0.15, 0.2) is 133 Å². The van der Waals surface area contributed by atoms with Crippen molar-refractivity contribution in [2.75, 3.05) is 0 Å². The maximum Gasteiger partial charge on any atom is 0.0448 e. The zero-order valence-corrected chi connectivity index (χ0v) is 27.6. The number of hydrogen-bond acceptors (Lipinski definition) is 4. The molecule has 4 heteroatoms. The van der Waals surface area contributed by atoms with E-state index in [9.17, 15) is 0 Å². The Morgan fingerprint density at radius 1 is 0.261 bits per heavy atom. The van der Waals surface area contributed by atoms with Crippen LogP contribution in [-0.4, -0.2) is 0 Å². The lowest BCUT2D eigenvalue weighted by molar-refractivity contribution is 1.62. The summed E-state index contributed by atoms with van der Waals surface area (Å²) < 4.78 is 10.9. The molecule has 214 valence electrons. The Morgan fingerprint density at radius 3 is 1.50 bits per heavy atom. The molecule has 0 fully saturated rings. The number of hydrogen-bond donors (Lipinski definition) is 0. The molecule has 4 heterocycles. The van der Waals surface area contributed by atoms with Gasteiger partial charge in [0.25, 0.3) is 0 Å². The molecule has 0 saturated heterocycles. The molecule has 0 saturated carbocycles. The third-order valence-corrected chi connectivity index (χ3v) is 14.1. The summed E-state index contributed by atoms with van der Waals surface area (Å²) >= 11 is 7.62. The van der Waals surface area contributed by atoms with Gasteiger partial charge in [0.1, 0.15) is 0 Å². The third kappa shape index (κ3) is 3.64. The zero-order chi connectivity index (χ0) is 29.9. The van der Waals surface area contributed by atoms with Crippen LogP contribution in [0.4, 0.5) is 0 Å². The molecule has 0 aliphatic rings. The van der Waals surface area contributed by atoms with Gasteiger partial charge in [-0.25, -0.2) is 0 Å². The van der Waals surface area contributed by atoms with Crippen LogP contribution >= 0.6 is 45.3 Å². The molecule has 4 aromatic heterocycles. The van der Waals surface area contributed by atoms with Gasteiger partial charge in [-0.05, 0) is 82.9 Å². The molecule has 0 atom stereocenters. The molecule has 0 N–H and O–H groups in total. The lowest BCUT2D eigenvalue weighted by Gasteiger charge is -2.07. The Bertz CT molecular complexity index is 3030. The van der Waals surface area contributed by atoms with Gasteiger partial charge in [0.05, 0.1) is 0 Å². The van der Waals surface area contributed by atoms with E-state index in [1.54, 1.807) is 0 Å². The Balaban J connectivity index is 1.04. The van der Waals surface area contributed by atoms with Crippen LogP contribution in [-0.2, 0) is 0 Å². The van der Waals surface area contributed by atoms with E-state index >= 15 is 0 Å². The van der Waals surface area contributed by atoms with Crippen molar-refractivity contribution in [3.8, 4) is 22.3 Å². The molecular formula is C42H22S4. The minimum Gasteiger partial charge on any atom is -0.135 e. The van der Waals surface area contributed by atoms with Gasteiger partial charge in [0, 0.05) is 80.7 Å². The maximum atomic E-state index is 2.42. The molecule has 11 rings (SSSR count). The standard InChI is InChI=1S/C42H22S4/c1-3-10-34-27(8-1)32-21-40-33(22-39(32)44-34)31-20-26(12-15-36(31)45-40)24-7-5-6-23(18-24)25-13-16-37-30(19-25)28-14-17-38-41(42(28)46-37)29-9-2-4-11-35(29)43-38/h1-22H. The summed E-state index contributed by atoms with van der Waals surface area (Å²) in [5, 5.41) is 10.9. The smallest absolute Gasteiger partial charge is 0.0448 e. The Hall–Kier alpha value is -4.58. The van der Waals surface area contributed by atoms with Crippen LogP contribution in [0.5, 0.6) is 0 Å². The van der Waals surface area contributed by atoms with Crippen LogP contribution in [0, 0.1) is 0 Å². The first-order valence-electron chi connectivity index (χ1n) is 15.4. The summed E-state index contributed by atoms with van der Waals surface area (Å²) in [5.74, 6) is 0. The van der Waals surface area contributed by atoms with E-state index in [0.29, 0.717) is 0 Å². The van der Waals surface area contributed by atoms with Gasteiger partial charge in [0.2, 0.25) is 0 Å². The topological polar surface area (TPSA) is 0 Å². The molecule has 11 aromatic rings. The van der Waals surface area contributed by atoms with Crippen molar-refractivity contribution in [3.63, 3.8) is 0 Å². The van der Waals surface area contributed by atoms with E-state index < -0.39 is 0 Å². The summed E-state index contributed by atoms with van der Waals surface area (Å²) in [5.41, 5.74) is 5.03. The summed E-state index contributed by atoms with van der Waals surface area (Å²) in [4.78, 5) is 0. The number of fused-ring (bicyclic) bond motifs is 13. The fourth-order valence-corrected chi connectivity index (χ4v) is 11.9. The quantitative estimate of drug-likeness (QED) is 0.174. The molecule has 46 heavy (non-hydrogen) atoms. The summed E-state index contributed by atoms with van der Waals surface area (Å²) in [6.45, 7) is 0. The average Bonchev–Trinajstić information content (AvgIpc) is 3.86. The normalized spacial score (nSPS) is 12.3. The molecule has 0 aliphatic heterocycles. The van der Waals surface area contributed by atoms with Crippen molar-refractivity contribution in [1.82, 2.24) is 0 Å². The highest BCUT2D eigenvalue weighted by molar-refractivity contribution is 7.30. The largest absolute Gasteiger partial charge is 0.135 e. The lowest BCUT2D eigenvalue weighted by Crippen LogP contribution is -1.82. The fraction of sp³-hybridized carbons (Fsp3) is 0. The third-order valence-electron chi connectivity index (χ3n) is 9.48.